The molecular formula is C29H34ClN6O7P. The molecule has 3 heterocycles. The van der Waals surface area contributed by atoms with E-state index in [2.05, 4.69) is 20.0 Å². The predicted octanol–water partition coefficient (Wildman–Crippen LogP) is 4.66. The molecule has 4 aromatic rings. The SMILES string of the molecule is CC(C)CC(NP(=O)(Oc1ccccc1)OC1C[C@H](n2cnc3c(N)nc(Cl)nc32)OC1CO)C(=O)OCc1ccccc1. The minimum atomic E-state index is -4.30. The van der Waals surface area contributed by atoms with Crippen molar-refractivity contribution in [1.82, 2.24) is 24.6 Å². The normalized spacial score (nSPS) is 20.4. The van der Waals surface area contributed by atoms with Crippen LogP contribution in [0.2, 0.25) is 5.28 Å². The van der Waals surface area contributed by atoms with Crippen LogP contribution in [-0.2, 0) is 30.0 Å². The number of nitrogens with one attached hydrogen (secondary N) is 1. The van der Waals surface area contributed by atoms with Crippen LogP contribution in [0, 0.1) is 5.92 Å². The first-order valence-electron chi connectivity index (χ1n) is 14.1. The van der Waals surface area contributed by atoms with E-state index < -0.39 is 44.8 Å². The van der Waals surface area contributed by atoms with Crippen molar-refractivity contribution in [2.24, 2.45) is 5.92 Å². The number of aliphatic hydroxyl groups is 1. The smallest absolute Gasteiger partial charge is 0.459 e. The minimum Gasteiger partial charge on any atom is -0.460 e. The van der Waals surface area contributed by atoms with Crippen LogP contribution in [-0.4, -0.2) is 55.5 Å². The number of aliphatic hydroxyl groups excluding tert-OH is 1. The number of hydrogen-bond acceptors (Lipinski definition) is 11. The van der Waals surface area contributed by atoms with E-state index in [-0.39, 0.29) is 42.2 Å². The van der Waals surface area contributed by atoms with Crippen molar-refractivity contribution in [3.63, 3.8) is 0 Å². The second-order valence-corrected chi connectivity index (χ2v) is 12.7. The number of hydrogen-bond donors (Lipinski definition) is 3. The van der Waals surface area contributed by atoms with Crippen molar-refractivity contribution in [3.8, 4) is 5.75 Å². The van der Waals surface area contributed by atoms with Crippen LogP contribution in [0.4, 0.5) is 5.82 Å². The van der Waals surface area contributed by atoms with Gasteiger partial charge < -0.3 is 24.8 Å². The predicted molar refractivity (Wildman–Crippen MR) is 163 cm³/mol. The Kier molecular flexibility index (Phi) is 10.1. The quantitative estimate of drug-likeness (QED) is 0.104. The molecule has 0 bridgehead atoms. The van der Waals surface area contributed by atoms with Crippen LogP contribution >= 0.6 is 19.3 Å². The topological polar surface area (TPSA) is 173 Å². The Morgan fingerprint density at radius 3 is 2.57 bits per heavy atom. The Labute approximate surface area is 259 Å². The Morgan fingerprint density at radius 1 is 1.18 bits per heavy atom. The van der Waals surface area contributed by atoms with Gasteiger partial charge in [-0.25, -0.2) is 9.55 Å². The first-order chi connectivity index (χ1) is 21.1. The molecule has 5 atom stereocenters. The summed E-state index contributed by atoms with van der Waals surface area (Å²) in [7, 11) is -4.30. The van der Waals surface area contributed by atoms with Gasteiger partial charge in [0, 0.05) is 6.42 Å². The zero-order valence-corrected chi connectivity index (χ0v) is 25.8. The highest BCUT2D eigenvalue weighted by atomic mass is 35.5. The van der Waals surface area contributed by atoms with Gasteiger partial charge in [-0.3, -0.25) is 13.9 Å². The summed E-state index contributed by atoms with van der Waals surface area (Å²) in [5.74, 6) is -0.227. The molecule has 13 nitrogen and oxygen atoms in total. The first kappa shape index (κ1) is 31.8. The monoisotopic (exact) mass is 644 g/mol. The van der Waals surface area contributed by atoms with Gasteiger partial charge in [0.1, 0.15) is 42.4 Å². The summed E-state index contributed by atoms with van der Waals surface area (Å²) in [5.41, 5.74) is 7.41. The standard InChI is InChI=1S/C29H34ClN6O7P/c1-18(2)13-21(28(38)40-16-19-9-5-3-6-10-19)35-44(39,42-20-11-7-4-8-12-20)43-22-14-24(41-23(22)15-37)36-17-32-25-26(31)33-29(30)34-27(25)36/h3-12,17-18,21-24,37H,13-16H2,1-2H3,(H,35,39)(H2,31,33,34)/t21?,22?,23?,24-,44?/m1/s1. The van der Waals surface area contributed by atoms with Gasteiger partial charge in [0.25, 0.3) is 0 Å². The molecule has 2 aromatic heterocycles. The Morgan fingerprint density at radius 2 is 1.89 bits per heavy atom. The lowest BCUT2D eigenvalue weighted by Crippen LogP contribution is -2.40. The molecule has 234 valence electrons. The first-order valence-corrected chi connectivity index (χ1v) is 16.0. The Balaban J connectivity index is 1.39. The highest BCUT2D eigenvalue weighted by Gasteiger charge is 2.44. The molecule has 1 saturated heterocycles. The third-order valence-electron chi connectivity index (χ3n) is 6.86. The van der Waals surface area contributed by atoms with E-state index >= 15 is 0 Å². The van der Waals surface area contributed by atoms with Crippen molar-refractivity contribution in [1.29, 1.82) is 0 Å². The van der Waals surface area contributed by atoms with Crippen LogP contribution in [0.3, 0.4) is 0 Å². The fraction of sp³-hybridized carbons (Fsp3) is 0.379. The number of nitrogen functional groups attached to an aromatic ring is 1. The van der Waals surface area contributed by atoms with E-state index in [9.17, 15) is 14.5 Å². The number of ether oxygens (including phenoxy) is 2. The average Bonchev–Trinajstić information content (AvgIpc) is 3.60. The van der Waals surface area contributed by atoms with Crippen LogP contribution in [0.1, 0.15) is 38.5 Å². The summed E-state index contributed by atoms with van der Waals surface area (Å²) in [6.07, 6.45) is -0.702. The van der Waals surface area contributed by atoms with Crippen molar-refractivity contribution in [2.75, 3.05) is 12.3 Å². The number of nitrogens with zero attached hydrogens (tertiary/aromatic N) is 4. The number of carbonyl (C=O) groups excluding carboxylic acids is 1. The van der Waals surface area contributed by atoms with Crippen molar-refractivity contribution >= 4 is 42.3 Å². The summed E-state index contributed by atoms with van der Waals surface area (Å²) in [6.45, 7) is 3.45. The largest absolute Gasteiger partial charge is 0.460 e. The summed E-state index contributed by atoms with van der Waals surface area (Å²) in [6, 6.07) is 16.7. The molecule has 15 heteroatoms. The van der Waals surface area contributed by atoms with Crippen LogP contribution in [0.25, 0.3) is 11.2 Å². The number of anilines is 1. The molecule has 1 fully saturated rings. The number of esters is 1. The number of fused-ring (bicyclic) bond motifs is 1. The Bertz CT molecular complexity index is 1610. The maximum atomic E-state index is 14.5. The minimum absolute atomic E-state index is 0.0297. The molecule has 0 saturated carbocycles. The molecule has 1 aliphatic rings. The number of carbonyl (C=O) groups is 1. The van der Waals surface area contributed by atoms with Crippen molar-refractivity contribution in [2.45, 2.75) is 57.8 Å². The fourth-order valence-corrected chi connectivity index (χ4v) is 6.74. The van der Waals surface area contributed by atoms with Gasteiger partial charge in [-0.15, -0.1) is 0 Å². The summed E-state index contributed by atoms with van der Waals surface area (Å²) in [5, 5.41) is 13.0. The van der Waals surface area contributed by atoms with Crippen molar-refractivity contribution in [3.05, 3.63) is 77.8 Å². The van der Waals surface area contributed by atoms with E-state index in [1.807, 2.05) is 44.2 Å². The molecule has 0 radical (unpaired) electrons. The van der Waals surface area contributed by atoms with Crippen LogP contribution < -0.4 is 15.3 Å². The lowest BCUT2D eigenvalue weighted by Gasteiger charge is -2.28. The number of benzene rings is 2. The highest BCUT2D eigenvalue weighted by Crippen LogP contribution is 2.50. The molecule has 0 amide bonds. The zero-order valence-electron chi connectivity index (χ0n) is 24.2. The fourth-order valence-electron chi connectivity index (χ4n) is 4.84. The number of imidazole rings is 1. The molecule has 4 unspecified atom stereocenters. The van der Waals surface area contributed by atoms with Gasteiger partial charge >= 0.3 is 13.7 Å². The maximum absolute atomic E-state index is 14.5. The van der Waals surface area contributed by atoms with Crippen molar-refractivity contribution < 1.29 is 33.0 Å². The molecule has 5 rings (SSSR count). The third-order valence-corrected chi connectivity index (χ3v) is 8.66. The second-order valence-electron chi connectivity index (χ2n) is 10.7. The number of rotatable bonds is 13. The van der Waals surface area contributed by atoms with E-state index in [1.54, 1.807) is 34.9 Å². The third kappa shape index (κ3) is 7.73. The van der Waals surface area contributed by atoms with E-state index in [4.69, 9.17) is 35.9 Å². The Hall–Kier alpha value is -3.58. The highest BCUT2D eigenvalue weighted by molar-refractivity contribution is 7.52. The molecule has 1 aliphatic heterocycles. The number of para-hydroxylation sites is 1. The summed E-state index contributed by atoms with van der Waals surface area (Å²) < 4.78 is 39.8. The number of aromatic nitrogens is 4. The lowest BCUT2D eigenvalue weighted by molar-refractivity contribution is -0.147. The van der Waals surface area contributed by atoms with Crippen LogP contribution in [0.5, 0.6) is 5.75 Å². The van der Waals surface area contributed by atoms with E-state index in [0.717, 1.165) is 5.56 Å². The van der Waals surface area contributed by atoms with Gasteiger partial charge in [-0.2, -0.15) is 15.1 Å². The summed E-state index contributed by atoms with van der Waals surface area (Å²) >= 11 is 6.03. The van der Waals surface area contributed by atoms with Gasteiger partial charge in [0.2, 0.25) is 5.28 Å². The van der Waals surface area contributed by atoms with Gasteiger partial charge in [0.15, 0.2) is 11.5 Å². The summed E-state index contributed by atoms with van der Waals surface area (Å²) in [4.78, 5) is 25.7. The van der Waals surface area contributed by atoms with E-state index in [0.29, 0.717) is 11.2 Å². The maximum Gasteiger partial charge on any atom is 0.459 e. The second kappa shape index (κ2) is 14.0. The van der Waals surface area contributed by atoms with Crippen LogP contribution in [0.15, 0.2) is 67.0 Å². The zero-order chi connectivity index (χ0) is 31.3. The van der Waals surface area contributed by atoms with E-state index in [1.165, 1.54) is 6.33 Å². The average molecular weight is 645 g/mol. The van der Waals surface area contributed by atoms with Gasteiger partial charge in [-0.1, -0.05) is 62.4 Å². The molecule has 0 aliphatic carbocycles. The number of halogens is 1. The molecule has 4 N–H and O–H groups in total. The number of nitrogens with two attached hydrogens (primary N) is 1. The molecule has 0 spiro atoms. The molecule has 2 aromatic carbocycles. The van der Waals surface area contributed by atoms with Gasteiger partial charge in [0.05, 0.1) is 12.9 Å². The lowest BCUT2D eigenvalue weighted by atomic mass is 10.1. The molecular weight excluding hydrogens is 611 g/mol. The molecule has 44 heavy (non-hydrogen) atoms. The van der Waals surface area contributed by atoms with Gasteiger partial charge in [-0.05, 0) is 41.6 Å².